The molecule has 3 rings (SSSR count). The molecule has 1 atom stereocenters. The van der Waals surface area contributed by atoms with Crippen LogP contribution in [-0.4, -0.2) is 26.8 Å². The van der Waals surface area contributed by atoms with E-state index in [2.05, 4.69) is 5.32 Å². The second-order valence-electron chi connectivity index (χ2n) is 5.12. The zero-order valence-corrected chi connectivity index (χ0v) is 13.8. The van der Waals surface area contributed by atoms with Gasteiger partial charge in [-0.2, -0.15) is 0 Å². The van der Waals surface area contributed by atoms with Crippen LogP contribution in [0.2, 0.25) is 0 Å². The minimum atomic E-state index is -0.617. The zero-order chi connectivity index (χ0) is 17.1. The summed E-state index contributed by atoms with van der Waals surface area (Å²) in [5.74, 6) is 1.11. The number of carbonyl (C=O) groups is 1. The molecule has 0 aliphatic carbocycles. The molecule has 6 heteroatoms. The van der Waals surface area contributed by atoms with E-state index in [1.807, 2.05) is 31.2 Å². The van der Waals surface area contributed by atoms with Crippen LogP contribution in [0.1, 0.15) is 29.1 Å². The van der Waals surface area contributed by atoms with Crippen LogP contribution >= 0.6 is 0 Å². The van der Waals surface area contributed by atoms with Crippen molar-refractivity contribution in [3.05, 3.63) is 47.5 Å². The normalized spacial score (nSPS) is 15.5. The van der Waals surface area contributed by atoms with Gasteiger partial charge in [-0.3, -0.25) is 0 Å². The van der Waals surface area contributed by atoms with Gasteiger partial charge in [0.2, 0.25) is 6.23 Å². The first-order valence-corrected chi connectivity index (χ1v) is 7.63. The first kappa shape index (κ1) is 16.0. The summed E-state index contributed by atoms with van der Waals surface area (Å²) in [4.78, 5) is 12.3. The number of cyclic esters (lactones) is 1. The van der Waals surface area contributed by atoms with Gasteiger partial charge in [-0.1, -0.05) is 12.1 Å². The number of rotatable bonds is 6. The van der Waals surface area contributed by atoms with Gasteiger partial charge in [0.05, 0.1) is 26.5 Å². The molecule has 0 saturated heterocycles. The Balaban J connectivity index is 1.96. The van der Waals surface area contributed by atoms with Crippen molar-refractivity contribution in [2.45, 2.75) is 13.2 Å². The Morgan fingerprint density at radius 2 is 1.88 bits per heavy atom. The van der Waals surface area contributed by atoms with E-state index in [1.165, 1.54) is 14.2 Å². The van der Waals surface area contributed by atoms with Crippen LogP contribution in [0, 0.1) is 0 Å². The van der Waals surface area contributed by atoms with Crippen molar-refractivity contribution in [1.82, 2.24) is 0 Å². The van der Waals surface area contributed by atoms with Crippen molar-refractivity contribution >= 4 is 11.7 Å². The molecule has 6 nitrogen and oxygen atoms in total. The first-order valence-electron chi connectivity index (χ1n) is 7.63. The van der Waals surface area contributed by atoms with Crippen molar-refractivity contribution in [3.63, 3.8) is 0 Å². The Labute approximate surface area is 140 Å². The van der Waals surface area contributed by atoms with E-state index in [1.54, 1.807) is 12.1 Å². The Morgan fingerprint density at radius 1 is 1.08 bits per heavy atom. The molecule has 2 aromatic rings. The van der Waals surface area contributed by atoms with Gasteiger partial charge in [-0.05, 0) is 31.2 Å². The molecule has 0 amide bonds. The summed E-state index contributed by atoms with van der Waals surface area (Å²) in [7, 11) is 3.02. The third-order valence-electron chi connectivity index (χ3n) is 3.76. The van der Waals surface area contributed by atoms with Gasteiger partial charge < -0.3 is 24.3 Å². The number of carbonyl (C=O) groups excluding carboxylic acids is 1. The molecule has 0 saturated carbocycles. The number of fused-ring (bicyclic) bond motifs is 1. The number of nitrogens with one attached hydrogen (secondary N) is 1. The SMILES string of the molecule is CCOc1ccccc1NC1OC(=O)c2c1ccc(OC)c2OC. The third kappa shape index (κ3) is 2.71. The van der Waals surface area contributed by atoms with Crippen LogP contribution in [0.4, 0.5) is 5.69 Å². The second-order valence-corrected chi connectivity index (χ2v) is 5.12. The summed E-state index contributed by atoms with van der Waals surface area (Å²) in [6.07, 6.45) is -0.617. The van der Waals surface area contributed by atoms with E-state index in [-0.39, 0.29) is 0 Å². The highest BCUT2D eigenvalue weighted by Gasteiger charge is 2.36. The molecule has 126 valence electrons. The van der Waals surface area contributed by atoms with Crippen LogP contribution < -0.4 is 19.5 Å². The predicted molar refractivity (Wildman–Crippen MR) is 88.9 cm³/mol. The number of anilines is 1. The number of benzene rings is 2. The lowest BCUT2D eigenvalue weighted by molar-refractivity contribution is 0.0434. The molecule has 1 heterocycles. The summed E-state index contributed by atoms with van der Waals surface area (Å²) in [5.41, 5.74) is 1.83. The van der Waals surface area contributed by atoms with Gasteiger partial charge in [0.15, 0.2) is 11.5 Å². The largest absolute Gasteiger partial charge is 0.493 e. The molecule has 1 unspecified atom stereocenters. The molecule has 1 aliphatic rings. The number of methoxy groups -OCH3 is 2. The van der Waals surface area contributed by atoms with E-state index < -0.39 is 12.2 Å². The summed E-state index contributed by atoms with van der Waals surface area (Å²) < 4.78 is 21.6. The summed E-state index contributed by atoms with van der Waals surface area (Å²) in [6.45, 7) is 2.46. The highest BCUT2D eigenvalue weighted by Crippen LogP contribution is 2.42. The first-order chi connectivity index (χ1) is 11.7. The number of para-hydroxylation sites is 2. The number of ether oxygens (including phenoxy) is 4. The monoisotopic (exact) mass is 329 g/mol. The molecule has 0 fully saturated rings. The molecule has 1 aliphatic heterocycles. The maximum atomic E-state index is 12.3. The summed E-state index contributed by atoms with van der Waals surface area (Å²) in [6, 6.07) is 11.1. The van der Waals surface area contributed by atoms with Gasteiger partial charge >= 0.3 is 5.97 Å². The maximum Gasteiger partial charge on any atom is 0.344 e. The summed E-state index contributed by atoms with van der Waals surface area (Å²) >= 11 is 0. The minimum Gasteiger partial charge on any atom is -0.493 e. The van der Waals surface area contributed by atoms with Crippen molar-refractivity contribution in [3.8, 4) is 17.2 Å². The zero-order valence-electron chi connectivity index (χ0n) is 13.8. The molecular formula is C18H19NO5. The van der Waals surface area contributed by atoms with Gasteiger partial charge in [0.1, 0.15) is 11.3 Å². The van der Waals surface area contributed by atoms with E-state index in [0.29, 0.717) is 35.0 Å². The standard InChI is InChI=1S/C18H19NO5/c1-4-23-13-8-6-5-7-12(13)19-17-11-9-10-14(21-2)16(22-3)15(11)18(20)24-17/h5-10,17,19H,4H2,1-3H3. The molecule has 0 aromatic heterocycles. The van der Waals surface area contributed by atoms with E-state index in [4.69, 9.17) is 18.9 Å². The minimum absolute atomic E-state index is 0.377. The molecule has 1 N–H and O–H groups in total. The van der Waals surface area contributed by atoms with Crippen molar-refractivity contribution in [2.75, 3.05) is 26.1 Å². The molecule has 0 radical (unpaired) electrons. The molecular weight excluding hydrogens is 310 g/mol. The Hall–Kier alpha value is -2.89. The van der Waals surface area contributed by atoms with Gasteiger partial charge in [-0.25, -0.2) is 4.79 Å². The number of hydrogen-bond acceptors (Lipinski definition) is 6. The van der Waals surface area contributed by atoms with Gasteiger partial charge in [-0.15, -0.1) is 0 Å². The Kier molecular flexibility index (Phi) is 4.46. The topological polar surface area (TPSA) is 66.0 Å². The number of esters is 1. The lowest BCUT2D eigenvalue weighted by atomic mass is 10.1. The highest BCUT2D eigenvalue weighted by molar-refractivity contribution is 5.98. The lowest BCUT2D eigenvalue weighted by Crippen LogP contribution is -2.11. The van der Waals surface area contributed by atoms with Gasteiger partial charge in [0, 0.05) is 5.56 Å². The van der Waals surface area contributed by atoms with Crippen LogP contribution in [0.5, 0.6) is 17.2 Å². The quantitative estimate of drug-likeness (QED) is 0.820. The fourth-order valence-electron chi connectivity index (χ4n) is 2.72. The smallest absolute Gasteiger partial charge is 0.344 e. The Bertz CT molecular complexity index is 759. The average Bonchev–Trinajstić information content (AvgIpc) is 2.92. The maximum absolute atomic E-state index is 12.3. The van der Waals surface area contributed by atoms with Gasteiger partial charge in [0.25, 0.3) is 0 Å². The molecule has 24 heavy (non-hydrogen) atoms. The third-order valence-corrected chi connectivity index (χ3v) is 3.76. The average molecular weight is 329 g/mol. The van der Waals surface area contributed by atoms with Crippen molar-refractivity contribution in [2.24, 2.45) is 0 Å². The van der Waals surface area contributed by atoms with Crippen LogP contribution in [0.3, 0.4) is 0 Å². The fourth-order valence-corrected chi connectivity index (χ4v) is 2.72. The second kappa shape index (κ2) is 6.70. The summed E-state index contributed by atoms with van der Waals surface area (Å²) in [5, 5.41) is 3.21. The van der Waals surface area contributed by atoms with E-state index >= 15 is 0 Å². The lowest BCUT2D eigenvalue weighted by Gasteiger charge is -2.17. The fraction of sp³-hybridized carbons (Fsp3) is 0.278. The molecule has 0 bridgehead atoms. The molecule has 0 spiro atoms. The highest BCUT2D eigenvalue weighted by atomic mass is 16.6. The Morgan fingerprint density at radius 3 is 2.58 bits per heavy atom. The van der Waals surface area contributed by atoms with Crippen molar-refractivity contribution in [1.29, 1.82) is 0 Å². The van der Waals surface area contributed by atoms with Crippen LogP contribution in [0.25, 0.3) is 0 Å². The molecule has 2 aromatic carbocycles. The van der Waals surface area contributed by atoms with Crippen LogP contribution in [-0.2, 0) is 4.74 Å². The number of hydrogen-bond donors (Lipinski definition) is 1. The van der Waals surface area contributed by atoms with Crippen molar-refractivity contribution < 1.29 is 23.7 Å². The van der Waals surface area contributed by atoms with E-state index in [9.17, 15) is 4.79 Å². The predicted octanol–water partition coefficient (Wildman–Crippen LogP) is 3.38. The van der Waals surface area contributed by atoms with Crippen LogP contribution in [0.15, 0.2) is 36.4 Å². The van der Waals surface area contributed by atoms with E-state index in [0.717, 1.165) is 5.69 Å².